The monoisotopic (exact) mass is 294 g/mol. The summed E-state index contributed by atoms with van der Waals surface area (Å²) in [5, 5.41) is 3.77. The molecule has 2 aromatic heterocycles. The Kier molecular flexibility index (Phi) is 2.53. The number of fused-ring (bicyclic) bond motifs is 6. The summed E-state index contributed by atoms with van der Waals surface area (Å²) in [6, 6.07) is 27.5. The van der Waals surface area contributed by atoms with Crippen molar-refractivity contribution in [1.29, 1.82) is 0 Å². The molecule has 0 atom stereocenters. The van der Waals surface area contributed by atoms with Gasteiger partial charge < -0.3 is 0 Å². The van der Waals surface area contributed by atoms with Crippen molar-refractivity contribution in [3.8, 4) is 11.4 Å². The van der Waals surface area contributed by atoms with Crippen molar-refractivity contribution in [3.05, 3.63) is 85.1 Å². The van der Waals surface area contributed by atoms with Crippen LogP contribution in [0.25, 0.3) is 38.6 Å². The van der Waals surface area contributed by atoms with Crippen LogP contribution in [-0.4, -0.2) is 9.38 Å². The van der Waals surface area contributed by atoms with Crippen LogP contribution < -0.4 is 0 Å². The maximum absolute atomic E-state index is 4.73. The molecule has 0 spiro atoms. The minimum absolute atomic E-state index is 0.988. The van der Waals surface area contributed by atoms with E-state index in [1.807, 2.05) is 12.3 Å². The van der Waals surface area contributed by atoms with E-state index in [2.05, 4.69) is 77.2 Å². The van der Waals surface area contributed by atoms with E-state index in [4.69, 9.17) is 4.98 Å². The Morgan fingerprint density at radius 2 is 1.17 bits per heavy atom. The number of imidazole rings is 1. The quantitative estimate of drug-likeness (QED) is 0.383. The van der Waals surface area contributed by atoms with Crippen LogP contribution >= 0.6 is 0 Å². The van der Waals surface area contributed by atoms with Crippen LogP contribution in [0, 0.1) is 0 Å². The average molecular weight is 294 g/mol. The molecular formula is C21H14N2. The third-order valence-corrected chi connectivity index (χ3v) is 4.43. The summed E-state index contributed by atoms with van der Waals surface area (Å²) >= 11 is 0. The van der Waals surface area contributed by atoms with Crippen LogP contribution in [0.5, 0.6) is 0 Å². The van der Waals surface area contributed by atoms with E-state index in [1.54, 1.807) is 0 Å². The normalized spacial score (nSPS) is 11.5. The summed E-state index contributed by atoms with van der Waals surface area (Å²) in [5.74, 6) is 0.988. The molecule has 5 rings (SSSR count). The standard InChI is InChI=1S/C21H14N2/c1-2-8-15(9-3-1)21-22-14-20-18-12-5-4-10-16(18)17-11-6-7-13-19(17)23(20)21/h1-14H. The Morgan fingerprint density at radius 1 is 0.565 bits per heavy atom. The minimum Gasteiger partial charge on any atom is -0.292 e. The van der Waals surface area contributed by atoms with Crippen molar-refractivity contribution in [1.82, 2.24) is 9.38 Å². The summed E-state index contributed by atoms with van der Waals surface area (Å²) in [6.45, 7) is 0. The molecule has 5 aromatic rings. The van der Waals surface area contributed by atoms with Crippen LogP contribution in [0.1, 0.15) is 0 Å². The highest BCUT2D eigenvalue weighted by Crippen LogP contribution is 2.32. The van der Waals surface area contributed by atoms with Gasteiger partial charge in [0, 0.05) is 16.3 Å². The Bertz CT molecular complexity index is 1150. The molecule has 23 heavy (non-hydrogen) atoms. The van der Waals surface area contributed by atoms with E-state index >= 15 is 0 Å². The van der Waals surface area contributed by atoms with Crippen molar-refractivity contribution < 1.29 is 0 Å². The highest BCUT2D eigenvalue weighted by molar-refractivity contribution is 6.12. The number of nitrogens with zero attached hydrogens (tertiary/aromatic N) is 2. The zero-order valence-electron chi connectivity index (χ0n) is 12.5. The molecule has 3 aromatic carbocycles. The second-order valence-corrected chi connectivity index (χ2v) is 5.73. The average Bonchev–Trinajstić information content (AvgIpc) is 3.08. The summed E-state index contributed by atoms with van der Waals surface area (Å²) in [7, 11) is 0. The largest absolute Gasteiger partial charge is 0.292 e. The molecule has 0 fully saturated rings. The lowest BCUT2D eigenvalue weighted by Gasteiger charge is -2.10. The van der Waals surface area contributed by atoms with E-state index < -0.39 is 0 Å². The van der Waals surface area contributed by atoms with Crippen molar-refractivity contribution >= 4 is 27.2 Å². The Morgan fingerprint density at radius 3 is 1.96 bits per heavy atom. The summed E-state index contributed by atoms with van der Waals surface area (Å²) < 4.78 is 2.27. The molecule has 0 radical (unpaired) electrons. The molecular weight excluding hydrogens is 280 g/mol. The molecule has 2 heteroatoms. The van der Waals surface area contributed by atoms with E-state index in [-0.39, 0.29) is 0 Å². The highest BCUT2D eigenvalue weighted by Gasteiger charge is 2.13. The third-order valence-electron chi connectivity index (χ3n) is 4.43. The zero-order chi connectivity index (χ0) is 15.2. The number of para-hydroxylation sites is 1. The van der Waals surface area contributed by atoms with E-state index in [0.717, 1.165) is 16.9 Å². The molecule has 0 aliphatic carbocycles. The molecule has 0 amide bonds. The predicted octanol–water partition coefficient (Wildman–Crippen LogP) is 5.31. The fourth-order valence-corrected chi connectivity index (χ4v) is 3.41. The summed E-state index contributed by atoms with van der Waals surface area (Å²) in [6.07, 6.45) is 1.98. The topological polar surface area (TPSA) is 17.3 Å². The summed E-state index contributed by atoms with van der Waals surface area (Å²) in [4.78, 5) is 4.73. The molecule has 0 aliphatic rings. The molecule has 2 nitrogen and oxygen atoms in total. The van der Waals surface area contributed by atoms with Crippen molar-refractivity contribution in [3.63, 3.8) is 0 Å². The van der Waals surface area contributed by atoms with Gasteiger partial charge in [-0.15, -0.1) is 0 Å². The number of pyridine rings is 1. The Hall–Kier alpha value is -3.13. The first-order valence-electron chi connectivity index (χ1n) is 7.76. The smallest absolute Gasteiger partial charge is 0.145 e. The fourth-order valence-electron chi connectivity index (χ4n) is 3.41. The van der Waals surface area contributed by atoms with Gasteiger partial charge in [0.2, 0.25) is 0 Å². The third kappa shape index (κ3) is 1.72. The lowest BCUT2D eigenvalue weighted by molar-refractivity contribution is 1.22. The summed E-state index contributed by atoms with van der Waals surface area (Å²) in [5.41, 5.74) is 3.48. The first kappa shape index (κ1) is 12.4. The van der Waals surface area contributed by atoms with Gasteiger partial charge in [-0.1, -0.05) is 72.8 Å². The fraction of sp³-hybridized carbons (Fsp3) is 0. The van der Waals surface area contributed by atoms with Gasteiger partial charge in [-0.2, -0.15) is 0 Å². The van der Waals surface area contributed by atoms with E-state index in [0.29, 0.717) is 0 Å². The number of aromatic nitrogens is 2. The second kappa shape index (κ2) is 4.68. The van der Waals surface area contributed by atoms with Crippen LogP contribution in [0.15, 0.2) is 85.1 Å². The minimum atomic E-state index is 0.988. The Balaban J connectivity index is 2.06. The maximum Gasteiger partial charge on any atom is 0.145 e. The molecule has 0 saturated heterocycles. The molecule has 0 aliphatic heterocycles. The van der Waals surface area contributed by atoms with Gasteiger partial charge in [0.1, 0.15) is 5.82 Å². The molecule has 0 saturated carbocycles. The SMILES string of the molecule is c1ccc(-c2ncc3c4ccccc4c4ccccc4n23)cc1. The first-order chi connectivity index (χ1) is 11.4. The van der Waals surface area contributed by atoms with Gasteiger partial charge in [0.25, 0.3) is 0 Å². The Labute approximate surface area is 133 Å². The zero-order valence-corrected chi connectivity index (χ0v) is 12.5. The maximum atomic E-state index is 4.73. The number of hydrogen-bond acceptors (Lipinski definition) is 1. The van der Waals surface area contributed by atoms with Crippen molar-refractivity contribution in [2.24, 2.45) is 0 Å². The highest BCUT2D eigenvalue weighted by atomic mass is 15.0. The molecule has 108 valence electrons. The van der Waals surface area contributed by atoms with E-state index in [9.17, 15) is 0 Å². The van der Waals surface area contributed by atoms with Crippen LogP contribution in [0.4, 0.5) is 0 Å². The molecule has 0 unspecified atom stereocenters. The van der Waals surface area contributed by atoms with Gasteiger partial charge in [0.15, 0.2) is 0 Å². The lowest BCUT2D eigenvalue weighted by atomic mass is 10.0. The number of hydrogen-bond donors (Lipinski definition) is 0. The van der Waals surface area contributed by atoms with Gasteiger partial charge in [-0.3, -0.25) is 4.40 Å². The lowest BCUT2D eigenvalue weighted by Crippen LogP contribution is -1.93. The molecule has 2 heterocycles. The van der Waals surface area contributed by atoms with Gasteiger partial charge >= 0.3 is 0 Å². The van der Waals surface area contributed by atoms with Crippen LogP contribution in [0.3, 0.4) is 0 Å². The van der Waals surface area contributed by atoms with Gasteiger partial charge in [-0.05, 0) is 11.5 Å². The molecule has 0 bridgehead atoms. The van der Waals surface area contributed by atoms with Crippen molar-refractivity contribution in [2.75, 3.05) is 0 Å². The second-order valence-electron chi connectivity index (χ2n) is 5.73. The van der Waals surface area contributed by atoms with Gasteiger partial charge in [0.05, 0.1) is 17.2 Å². The number of benzene rings is 3. The molecule has 0 N–H and O–H groups in total. The first-order valence-corrected chi connectivity index (χ1v) is 7.76. The van der Waals surface area contributed by atoms with Crippen molar-refractivity contribution in [2.45, 2.75) is 0 Å². The van der Waals surface area contributed by atoms with Gasteiger partial charge in [-0.25, -0.2) is 4.98 Å². The predicted molar refractivity (Wildman–Crippen MR) is 95.6 cm³/mol. The van der Waals surface area contributed by atoms with Crippen LogP contribution in [0.2, 0.25) is 0 Å². The van der Waals surface area contributed by atoms with Crippen LogP contribution in [-0.2, 0) is 0 Å². The van der Waals surface area contributed by atoms with E-state index in [1.165, 1.54) is 21.7 Å². The number of rotatable bonds is 1.